The van der Waals surface area contributed by atoms with Gasteiger partial charge in [0.05, 0.1) is 17.4 Å². The molecule has 1 fully saturated rings. The van der Waals surface area contributed by atoms with E-state index in [1.165, 1.54) is 0 Å². The Balaban J connectivity index is 2.09. The molecule has 1 heterocycles. The Morgan fingerprint density at radius 3 is 2.57 bits per heavy atom. The van der Waals surface area contributed by atoms with E-state index in [0.29, 0.717) is 23.6 Å². The summed E-state index contributed by atoms with van der Waals surface area (Å²) < 4.78 is 32.8. The van der Waals surface area contributed by atoms with E-state index in [0.717, 1.165) is 5.56 Å². The molecular formula is C14H20N2O3S2. The van der Waals surface area contributed by atoms with Gasteiger partial charge in [-0.3, -0.25) is 0 Å². The first-order valence-corrected chi connectivity index (χ1v) is 8.80. The van der Waals surface area contributed by atoms with Gasteiger partial charge in [-0.25, -0.2) is 13.1 Å². The SMILES string of the molecule is CC1OCCC1(C)NS(=O)(=O)Cc1ccc(C(N)=S)cc1. The van der Waals surface area contributed by atoms with Crippen molar-refractivity contribution < 1.29 is 13.2 Å². The van der Waals surface area contributed by atoms with Crippen molar-refractivity contribution in [3.8, 4) is 0 Å². The molecule has 21 heavy (non-hydrogen) atoms. The maximum absolute atomic E-state index is 12.3. The first kappa shape index (κ1) is 16.4. The van der Waals surface area contributed by atoms with Crippen molar-refractivity contribution in [3.63, 3.8) is 0 Å². The molecule has 1 aliphatic heterocycles. The summed E-state index contributed by atoms with van der Waals surface area (Å²) in [4.78, 5) is 0.298. The molecule has 1 aromatic carbocycles. The highest BCUT2D eigenvalue weighted by atomic mass is 32.2. The molecule has 0 bridgehead atoms. The number of ether oxygens (including phenoxy) is 1. The fourth-order valence-electron chi connectivity index (χ4n) is 2.34. The molecule has 2 atom stereocenters. The van der Waals surface area contributed by atoms with E-state index in [2.05, 4.69) is 4.72 Å². The Morgan fingerprint density at radius 1 is 1.48 bits per heavy atom. The van der Waals surface area contributed by atoms with E-state index in [1.54, 1.807) is 24.3 Å². The van der Waals surface area contributed by atoms with E-state index in [1.807, 2.05) is 13.8 Å². The van der Waals surface area contributed by atoms with E-state index >= 15 is 0 Å². The lowest BCUT2D eigenvalue weighted by Gasteiger charge is -2.28. The smallest absolute Gasteiger partial charge is 0.216 e. The molecule has 3 N–H and O–H groups in total. The van der Waals surface area contributed by atoms with Gasteiger partial charge in [0, 0.05) is 12.2 Å². The summed E-state index contributed by atoms with van der Waals surface area (Å²) in [5.41, 5.74) is 6.39. The Morgan fingerprint density at radius 2 is 2.10 bits per heavy atom. The maximum Gasteiger partial charge on any atom is 0.216 e. The van der Waals surface area contributed by atoms with Crippen LogP contribution in [-0.2, 0) is 20.5 Å². The van der Waals surface area contributed by atoms with Crippen molar-refractivity contribution in [2.75, 3.05) is 6.61 Å². The molecule has 7 heteroatoms. The number of thiocarbonyl (C=S) groups is 1. The van der Waals surface area contributed by atoms with E-state index < -0.39 is 15.6 Å². The van der Waals surface area contributed by atoms with E-state index in [9.17, 15) is 8.42 Å². The lowest BCUT2D eigenvalue weighted by Crippen LogP contribution is -2.50. The van der Waals surface area contributed by atoms with Gasteiger partial charge in [0.15, 0.2) is 0 Å². The molecule has 0 aromatic heterocycles. The van der Waals surface area contributed by atoms with Crippen molar-refractivity contribution in [2.45, 2.75) is 37.7 Å². The van der Waals surface area contributed by atoms with Crippen LogP contribution in [0.1, 0.15) is 31.4 Å². The summed E-state index contributed by atoms with van der Waals surface area (Å²) in [7, 11) is -3.44. The quantitative estimate of drug-likeness (QED) is 0.797. The minimum absolute atomic E-state index is 0.0765. The fourth-order valence-corrected chi connectivity index (χ4v) is 4.16. The van der Waals surface area contributed by atoms with Crippen molar-refractivity contribution in [1.82, 2.24) is 4.72 Å². The third-order valence-electron chi connectivity index (χ3n) is 3.87. The second-order valence-corrected chi connectivity index (χ2v) is 7.76. The van der Waals surface area contributed by atoms with Crippen LogP contribution in [0.2, 0.25) is 0 Å². The van der Waals surface area contributed by atoms with Crippen LogP contribution < -0.4 is 10.5 Å². The molecule has 2 rings (SSSR count). The van der Waals surface area contributed by atoms with Crippen LogP contribution in [0, 0.1) is 0 Å². The van der Waals surface area contributed by atoms with Gasteiger partial charge in [0.25, 0.3) is 0 Å². The molecular weight excluding hydrogens is 308 g/mol. The van der Waals surface area contributed by atoms with Gasteiger partial charge >= 0.3 is 0 Å². The fraction of sp³-hybridized carbons (Fsp3) is 0.500. The van der Waals surface area contributed by atoms with Crippen LogP contribution in [0.15, 0.2) is 24.3 Å². The minimum atomic E-state index is -3.44. The summed E-state index contributed by atoms with van der Waals surface area (Å²) in [6.45, 7) is 4.33. The largest absolute Gasteiger partial charge is 0.389 e. The second kappa shape index (κ2) is 6.00. The average molecular weight is 328 g/mol. The molecule has 1 aromatic rings. The molecule has 116 valence electrons. The van der Waals surface area contributed by atoms with Gasteiger partial charge in [0.1, 0.15) is 4.99 Å². The van der Waals surface area contributed by atoms with Crippen molar-refractivity contribution in [2.24, 2.45) is 5.73 Å². The third kappa shape index (κ3) is 4.00. The van der Waals surface area contributed by atoms with Crippen LogP contribution in [0.5, 0.6) is 0 Å². The highest BCUT2D eigenvalue weighted by molar-refractivity contribution is 7.88. The molecule has 0 amide bonds. The van der Waals surface area contributed by atoms with Crippen LogP contribution in [0.4, 0.5) is 0 Å². The van der Waals surface area contributed by atoms with Crippen molar-refractivity contribution in [3.05, 3.63) is 35.4 Å². The summed E-state index contributed by atoms with van der Waals surface area (Å²) in [6, 6.07) is 6.92. The molecule has 0 aliphatic carbocycles. The number of nitrogens with one attached hydrogen (secondary N) is 1. The van der Waals surface area contributed by atoms with Gasteiger partial charge < -0.3 is 10.5 Å². The zero-order chi connectivity index (χ0) is 15.7. The predicted molar refractivity (Wildman–Crippen MR) is 86.5 cm³/mol. The van der Waals surface area contributed by atoms with Gasteiger partial charge in [-0.1, -0.05) is 36.5 Å². The zero-order valence-electron chi connectivity index (χ0n) is 12.1. The third-order valence-corrected chi connectivity index (χ3v) is 5.60. The molecule has 5 nitrogen and oxygen atoms in total. The predicted octanol–water partition coefficient (Wildman–Crippen LogP) is 1.31. The molecule has 0 spiro atoms. The summed E-state index contributed by atoms with van der Waals surface area (Å²) in [5, 5.41) is 0. The van der Waals surface area contributed by atoms with Crippen LogP contribution in [0.3, 0.4) is 0 Å². The zero-order valence-corrected chi connectivity index (χ0v) is 13.8. The molecule has 2 unspecified atom stereocenters. The van der Waals surface area contributed by atoms with E-state index in [4.69, 9.17) is 22.7 Å². The Kier molecular flexibility index (Phi) is 4.67. The van der Waals surface area contributed by atoms with E-state index in [-0.39, 0.29) is 11.9 Å². The number of hydrogen-bond donors (Lipinski definition) is 2. The van der Waals surface area contributed by atoms with Gasteiger partial charge in [0.2, 0.25) is 10.0 Å². The standard InChI is InChI=1S/C14H20N2O3S2/c1-10-14(2,7-8-19-10)16-21(17,18)9-11-3-5-12(6-4-11)13(15)20/h3-6,10,16H,7-9H2,1-2H3,(H2,15,20). The van der Waals surface area contributed by atoms with Gasteiger partial charge in [-0.2, -0.15) is 0 Å². The van der Waals surface area contributed by atoms with Crippen LogP contribution in [-0.4, -0.2) is 31.7 Å². The number of nitrogens with two attached hydrogens (primary N) is 1. The van der Waals surface area contributed by atoms with Crippen molar-refractivity contribution >= 4 is 27.2 Å². The molecule has 0 saturated carbocycles. The number of sulfonamides is 1. The normalized spacial score (nSPS) is 25.9. The molecule has 1 saturated heterocycles. The highest BCUT2D eigenvalue weighted by Crippen LogP contribution is 2.26. The Hall–Kier alpha value is -1.02. The molecule has 0 radical (unpaired) electrons. The van der Waals surface area contributed by atoms with Gasteiger partial charge in [-0.15, -0.1) is 0 Å². The number of hydrogen-bond acceptors (Lipinski definition) is 4. The summed E-state index contributed by atoms with van der Waals surface area (Å²) >= 11 is 4.87. The first-order chi connectivity index (χ1) is 9.72. The summed E-state index contributed by atoms with van der Waals surface area (Å²) in [5.74, 6) is -0.0765. The lowest BCUT2D eigenvalue weighted by molar-refractivity contribution is 0.0957. The number of benzene rings is 1. The Labute approximate surface area is 130 Å². The van der Waals surface area contributed by atoms with Gasteiger partial charge in [-0.05, 0) is 25.8 Å². The van der Waals surface area contributed by atoms with Crippen LogP contribution in [0.25, 0.3) is 0 Å². The maximum atomic E-state index is 12.3. The minimum Gasteiger partial charge on any atom is -0.389 e. The monoisotopic (exact) mass is 328 g/mol. The highest BCUT2D eigenvalue weighted by Gasteiger charge is 2.40. The topological polar surface area (TPSA) is 81.4 Å². The second-order valence-electron chi connectivity index (χ2n) is 5.60. The summed E-state index contributed by atoms with van der Waals surface area (Å²) in [6.07, 6.45) is 0.539. The van der Waals surface area contributed by atoms with Crippen molar-refractivity contribution in [1.29, 1.82) is 0 Å². The molecule has 1 aliphatic rings. The Bertz CT molecular complexity index is 628. The lowest BCUT2D eigenvalue weighted by atomic mass is 9.97. The first-order valence-electron chi connectivity index (χ1n) is 6.74. The number of rotatable bonds is 5. The average Bonchev–Trinajstić information content (AvgIpc) is 2.68. The van der Waals surface area contributed by atoms with Crippen LogP contribution >= 0.6 is 12.2 Å².